The van der Waals surface area contributed by atoms with Crippen molar-refractivity contribution in [3.63, 3.8) is 0 Å². The smallest absolute Gasteiger partial charge is 0.230 e. The average molecular weight is 463 g/mol. The highest BCUT2D eigenvalue weighted by Crippen LogP contribution is 2.41. The number of allylic oxidation sites excluding steroid dienone is 8. The molecule has 1 aromatic rings. The van der Waals surface area contributed by atoms with E-state index in [0.29, 0.717) is 6.54 Å². The molecule has 0 aromatic heterocycles. The molecule has 0 unspecified atom stereocenters. The lowest BCUT2D eigenvalue weighted by molar-refractivity contribution is -0.128. The lowest BCUT2D eigenvalue weighted by atomic mass is 9.68. The maximum absolute atomic E-state index is 13.5. The van der Waals surface area contributed by atoms with Crippen LogP contribution in [0.25, 0.3) is 0 Å². The van der Waals surface area contributed by atoms with Crippen LogP contribution in [-0.4, -0.2) is 37.0 Å². The first-order chi connectivity index (χ1) is 16.6. The lowest BCUT2D eigenvalue weighted by Gasteiger charge is -2.38. The Balaban J connectivity index is 1.27. The molecule has 4 heteroatoms. The highest BCUT2D eigenvalue weighted by atomic mass is 19.1. The van der Waals surface area contributed by atoms with Gasteiger partial charge in [-0.25, -0.2) is 4.39 Å². The Morgan fingerprint density at radius 3 is 2.50 bits per heavy atom. The van der Waals surface area contributed by atoms with Crippen LogP contribution in [0, 0.1) is 11.2 Å². The van der Waals surface area contributed by atoms with Crippen molar-refractivity contribution in [2.75, 3.05) is 26.2 Å². The van der Waals surface area contributed by atoms with Crippen molar-refractivity contribution in [1.82, 2.24) is 10.2 Å². The molecule has 0 atom stereocenters. The maximum atomic E-state index is 13.5. The van der Waals surface area contributed by atoms with E-state index in [4.69, 9.17) is 0 Å². The highest BCUT2D eigenvalue weighted by molar-refractivity contribution is 5.88. The Morgan fingerprint density at radius 1 is 1.06 bits per heavy atom. The number of nitrogens with zero attached hydrogens (tertiary/aromatic N) is 1. The molecule has 1 heterocycles. The third-order valence-electron chi connectivity index (χ3n) is 7.92. The number of hydrogen-bond donors (Lipinski definition) is 1. The normalized spacial score (nSPS) is 22.0. The van der Waals surface area contributed by atoms with Gasteiger partial charge in [-0.05, 0) is 75.4 Å². The molecular weight excluding hydrogens is 423 g/mol. The van der Waals surface area contributed by atoms with E-state index in [9.17, 15) is 9.18 Å². The van der Waals surface area contributed by atoms with Crippen molar-refractivity contribution in [3.05, 3.63) is 83.8 Å². The van der Waals surface area contributed by atoms with Crippen LogP contribution in [0.3, 0.4) is 0 Å². The van der Waals surface area contributed by atoms with Crippen molar-refractivity contribution in [3.8, 4) is 0 Å². The van der Waals surface area contributed by atoms with Gasteiger partial charge >= 0.3 is 0 Å². The van der Waals surface area contributed by atoms with E-state index >= 15 is 0 Å². The van der Waals surface area contributed by atoms with Crippen LogP contribution in [0.1, 0.15) is 63.9 Å². The molecule has 3 aliphatic rings. The zero-order valence-corrected chi connectivity index (χ0v) is 20.6. The van der Waals surface area contributed by atoms with Crippen LogP contribution in [0.5, 0.6) is 0 Å². The number of carbonyl (C=O) groups excluding carboxylic acids is 1. The van der Waals surface area contributed by atoms with Gasteiger partial charge in [-0.3, -0.25) is 4.79 Å². The number of halogens is 1. The van der Waals surface area contributed by atoms with Crippen LogP contribution in [0.2, 0.25) is 0 Å². The van der Waals surface area contributed by atoms with E-state index < -0.39 is 5.41 Å². The van der Waals surface area contributed by atoms with E-state index in [1.165, 1.54) is 24.1 Å². The molecule has 1 aromatic carbocycles. The van der Waals surface area contributed by atoms with Gasteiger partial charge in [0.2, 0.25) is 5.91 Å². The van der Waals surface area contributed by atoms with E-state index in [1.807, 2.05) is 0 Å². The quantitative estimate of drug-likeness (QED) is 0.464. The number of carbonyl (C=O) groups is 1. The van der Waals surface area contributed by atoms with E-state index in [0.717, 1.165) is 70.1 Å². The standard InChI is InChI=1S/C30H39FN2O/c1-2-3-4-6-9-25-14-17-29(24-25)18-21-33(22-19-29)23-20-32-28(34)30(15-7-5-8-16-30)26-10-12-27(31)13-11-26/h2-3,6,9-14,17,24H,4-5,7-8,15-16,18-23H2,1H3,(H,32,34)/b3-2-,9-6?. The molecule has 0 radical (unpaired) electrons. The molecule has 1 amide bonds. The summed E-state index contributed by atoms with van der Waals surface area (Å²) in [6.45, 7) is 5.70. The first-order valence-corrected chi connectivity index (χ1v) is 13.0. The molecule has 1 aliphatic heterocycles. The van der Waals surface area contributed by atoms with Crippen LogP contribution < -0.4 is 5.32 Å². The predicted molar refractivity (Wildman–Crippen MR) is 138 cm³/mol. The third-order valence-corrected chi connectivity index (χ3v) is 7.92. The van der Waals surface area contributed by atoms with Gasteiger partial charge in [0.25, 0.3) is 0 Å². The predicted octanol–water partition coefficient (Wildman–Crippen LogP) is 6.24. The minimum absolute atomic E-state index is 0.114. The van der Waals surface area contributed by atoms with Crippen molar-refractivity contribution in [2.45, 2.75) is 63.7 Å². The summed E-state index contributed by atoms with van der Waals surface area (Å²) in [5.41, 5.74) is 1.98. The first-order valence-electron chi connectivity index (χ1n) is 13.0. The summed E-state index contributed by atoms with van der Waals surface area (Å²) in [7, 11) is 0. The van der Waals surface area contributed by atoms with Crippen molar-refractivity contribution >= 4 is 5.91 Å². The molecule has 34 heavy (non-hydrogen) atoms. The molecule has 0 bridgehead atoms. The second-order valence-electron chi connectivity index (χ2n) is 10.2. The number of rotatable bonds is 8. The molecule has 182 valence electrons. The molecule has 2 fully saturated rings. The highest BCUT2D eigenvalue weighted by Gasteiger charge is 2.41. The largest absolute Gasteiger partial charge is 0.354 e. The van der Waals surface area contributed by atoms with Gasteiger partial charge in [-0.2, -0.15) is 0 Å². The molecule has 4 rings (SSSR count). The zero-order chi connectivity index (χ0) is 23.9. The second kappa shape index (κ2) is 11.3. The molecule has 2 aliphatic carbocycles. The molecule has 1 spiro atoms. The Morgan fingerprint density at radius 2 is 1.79 bits per heavy atom. The lowest BCUT2D eigenvalue weighted by Crippen LogP contribution is -2.48. The number of hydrogen-bond acceptors (Lipinski definition) is 2. The van der Waals surface area contributed by atoms with Crippen LogP contribution in [0.4, 0.5) is 4.39 Å². The van der Waals surface area contributed by atoms with Gasteiger partial charge in [0.1, 0.15) is 5.82 Å². The monoisotopic (exact) mass is 462 g/mol. The van der Waals surface area contributed by atoms with E-state index in [2.05, 4.69) is 59.7 Å². The zero-order valence-electron chi connectivity index (χ0n) is 20.6. The number of nitrogens with one attached hydrogen (secondary N) is 1. The van der Waals surface area contributed by atoms with E-state index in [1.54, 1.807) is 12.1 Å². The Hall–Kier alpha value is -2.46. The minimum Gasteiger partial charge on any atom is -0.354 e. The van der Waals surface area contributed by atoms with Gasteiger partial charge in [-0.15, -0.1) is 0 Å². The number of amides is 1. The fourth-order valence-electron chi connectivity index (χ4n) is 5.78. The third kappa shape index (κ3) is 5.78. The average Bonchev–Trinajstić information content (AvgIpc) is 3.26. The van der Waals surface area contributed by atoms with Gasteiger partial charge < -0.3 is 10.2 Å². The summed E-state index contributed by atoms with van der Waals surface area (Å²) in [6.07, 6.45) is 24.0. The SMILES string of the molecule is C/C=C\CC=CC1=CC2(C=C1)CCN(CCNC(=O)C1(c3ccc(F)cc3)CCCCC1)CC2. The molecule has 1 N–H and O–H groups in total. The molecule has 1 saturated carbocycles. The van der Waals surface area contributed by atoms with Crippen molar-refractivity contribution in [1.29, 1.82) is 0 Å². The number of benzene rings is 1. The first kappa shape index (κ1) is 24.7. The van der Waals surface area contributed by atoms with Crippen molar-refractivity contribution in [2.24, 2.45) is 5.41 Å². The topological polar surface area (TPSA) is 32.3 Å². The fourth-order valence-corrected chi connectivity index (χ4v) is 5.78. The molecule has 3 nitrogen and oxygen atoms in total. The van der Waals surface area contributed by atoms with Crippen LogP contribution >= 0.6 is 0 Å². The fraction of sp³-hybridized carbons (Fsp3) is 0.500. The minimum atomic E-state index is -0.506. The maximum Gasteiger partial charge on any atom is 0.230 e. The summed E-state index contributed by atoms with van der Waals surface area (Å²) >= 11 is 0. The van der Waals surface area contributed by atoms with Gasteiger partial charge in [0.15, 0.2) is 0 Å². The van der Waals surface area contributed by atoms with Crippen LogP contribution in [-0.2, 0) is 10.2 Å². The number of piperidine rings is 1. The summed E-state index contributed by atoms with van der Waals surface area (Å²) in [4.78, 5) is 15.8. The summed E-state index contributed by atoms with van der Waals surface area (Å²) in [5, 5.41) is 3.24. The van der Waals surface area contributed by atoms with E-state index in [-0.39, 0.29) is 17.1 Å². The van der Waals surface area contributed by atoms with Crippen molar-refractivity contribution < 1.29 is 9.18 Å². The van der Waals surface area contributed by atoms with Gasteiger partial charge in [-0.1, -0.05) is 73.9 Å². The summed E-state index contributed by atoms with van der Waals surface area (Å²) in [5.74, 6) is -0.134. The van der Waals surface area contributed by atoms with Gasteiger partial charge in [0, 0.05) is 18.5 Å². The second-order valence-corrected chi connectivity index (χ2v) is 10.2. The van der Waals surface area contributed by atoms with Crippen LogP contribution in [0.15, 0.2) is 72.4 Å². The Kier molecular flexibility index (Phi) is 8.20. The molecule has 1 saturated heterocycles. The Labute approximate surface area is 204 Å². The molecular formula is C30H39FN2O. The summed E-state index contributed by atoms with van der Waals surface area (Å²) < 4.78 is 13.5. The Bertz CT molecular complexity index is 943. The van der Waals surface area contributed by atoms with Gasteiger partial charge in [0.05, 0.1) is 5.41 Å². The number of likely N-dealkylation sites (tertiary alicyclic amines) is 1. The summed E-state index contributed by atoms with van der Waals surface area (Å²) in [6, 6.07) is 6.57.